The Balaban J connectivity index is 1.70. The Bertz CT molecular complexity index is 1150. The summed E-state index contributed by atoms with van der Waals surface area (Å²) in [6, 6.07) is 17.6. The molecule has 2 N–H and O–H groups in total. The summed E-state index contributed by atoms with van der Waals surface area (Å²) in [5.74, 6) is 1.35. The van der Waals surface area contributed by atoms with Crippen molar-refractivity contribution in [3.8, 4) is 16.9 Å². The van der Waals surface area contributed by atoms with Gasteiger partial charge in [0, 0.05) is 10.4 Å². The molecule has 2 aromatic carbocycles. The monoisotopic (exact) mass is 377 g/mol. The molecule has 0 fully saturated rings. The number of para-hydroxylation sites is 2. The summed E-state index contributed by atoms with van der Waals surface area (Å²) in [4.78, 5) is 22.2. The van der Waals surface area contributed by atoms with E-state index in [1.54, 1.807) is 18.4 Å². The topological polar surface area (TPSA) is 67.0 Å². The van der Waals surface area contributed by atoms with Crippen molar-refractivity contribution in [1.82, 2.24) is 9.97 Å². The molecule has 2 heterocycles. The van der Waals surface area contributed by atoms with Crippen LogP contribution in [0.25, 0.3) is 21.3 Å². The van der Waals surface area contributed by atoms with E-state index in [2.05, 4.69) is 15.3 Å². The minimum Gasteiger partial charge on any atom is -0.495 e. The third kappa shape index (κ3) is 3.31. The first kappa shape index (κ1) is 17.3. The zero-order valence-corrected chi connectivity index (χ0v) is 15.9. The highest BCUT2D eigenvalue weighted by Gasteiger charge is 2.16. The molecule has 4 rings (SSSR count). The van der Waals surface area contributed by atoms with E-state index in [-0.39, 0.29) is 5.56 Å². The molecular formula is C21H19N3O2S. The van der Waals surface area contributed by atoms with Gasteiger partial charge in [-0.1, -0.05) is 42.5 Å². The van der Waals surface area contributed by atoms with Crippen molar-refractivity contribution in [2.75, 3.05) is 12.4 Å². The average molecular weight is 377 g/mol. The highest BCUT2D eigenvalue weighted by Crippen LogP contribution is 2.35. The number of H-pyrrole nitrogens is 1. The normalized spacial score (nSPS) is 10.9. The number of ether oxygens (including phenoxy) is 1. The first-order chi connectivity index (χ1) is 13.2. The van der Waals surface area contributed by atoms with E-state index in [4.69, 9.17) is 4.74 Å². The summed E-state index contributed by atoms with van der Waals surface area (Å²) in [7, 11) is 1.63. The summed E-state index contributed by atoms with van der Waals surface area (Å²) >= 11 is 1.55. The summed E-state index contributed by atoms with van der Waals surface area (Å²) in [5, 5.41) is 3.93. The van der Waals surface area contributed by atoms with Crippen LogP contribution in [0.3, 0.4) is 0 Å². The van der Waals surface area contributed by atoms with Gasteiger partial charge in [-0.05, 0) is 24.6 Å². The number of aromatic amines is 1. The lowest BCUT2D eigenvalue weighted by atomic mass is 10.0. The van der Waals surface area contributed by atoms with Crippen LogP contribution in [0.15, 0.2) is 59.4 Å². The number of hydrogen-bond donors (Lipinski definition) is 2. The maximum Gasteiger partial charge on any atom is 0.260 e. The van der Waals surface area contributed by atoms with Crippen LogP contribution in [-0.4, -0.2) is 17.1 Å². The van der Waals surface area contributed by atoms with E-state index in [9.17, 15) is 4.79 Å². The van der Waals surface area contributed by atoms with E-state index in [1.165, 1.54) is 0 Å². The number of anilines is 1. The molecule has 0 radical (unpaired) electrons. The number of aromatic nitrogens is 2. The van der Waals surface area contributed by atoms with Crippen molar-refractivity contribution in [3.05, 3.63) is 75.7 Å². The van der Waals surface area contributed by atoms with Gasteiger partial charge in [0.25, 0.3) is 5.56 Å². The molecule has 0 saturated carbocycles. The van der Waals surface area contributed by atoms with Crippen molar-refractivity contribution in [3.63, 3.8) is 0 Å². The van der Waals surface area contributed by atoms with Crippen molar-refractivity contribution in [2.45, 2.75) is 13.5 Å². The highest BCUT2D eigenvalue weighted by atomic mass is 32.1. The molecule has 0 aliphatic heterocycles. The molecule has 0 saturated heterocycles. The lowest BCUT2D eigenvalue weighted by Gasteiger charge is -2.10. The molecule has 0 atom stereocenters. The second kappa shape index (κ2) is 7.25. The number of methoxy groups -OCH3 is 1. The Morgan fingerprint density at radius 2 is 1.85 bits per heavy atom. The predicted molar refractivity (Wildman–Crippen MR) is 111 cm³/mol. The smallest absolute Gasteiger partial charge is 0.260 e. The molecule has 136 valence electrons. The zero-order chi connectivity index (χ0) is 18.8. The van der Waals surface area contributed by atoms with Crippen LogP contribution in [0.1, 0.15) is 10.7 Å². The summed E-state index contributed by atoms with van der Waals surface area (Å²) in [5.41, 5.74) is 2.75. The van der Waals surface area contributed by atoms with Crippen molar-refractivity contribution >= 4 is 27.2 Å². The second-order valence-electron chi connectivity index (χ2n) is 6.15. The first-order valence-corrected chi connectivity index (χ1v) is 9.43. The van der Waals surface area contributed by atoms with Crippen molar-refractivity contribution in [2.24, 2.45) is 0 Å². The van der Waals surface area contributed by atoms with Crippen LogP contribution in [0.2, 0.25) is 0 Å². The molecule has 0 unspecified atom stereocenters. The van der Waals surface area contributed by atoms with Gasteiger partial charge in [-0.25, -0.2) is 4.98 Å². The fraction of sp³-hybridized carbons (Fsp3) is 0.143. The van der Waals surface area contributed by atoms with Crippen LogP contribution in [0.4, 0.5) is 5.69 Å². The summed E-state index contributed by atoms with van der Waals surface area (Å²) < 4.78 is 5.34. The van der Waals surface area contributed by atoms with E-state index in [1.807, 2.05) is 61.5 Å². The Morgan fingerprint density at radius 3 is 2.63 bits per heavy atom. The molecule has 0 aliphatic rings. The van der Waals surface area contributed by atoms with Gasteiger partial charge in [-0.2, -0.15) is 0 Å². The largest absolute Gasteiger partial charge is 0.495 e. The lowest BCUT2D eigenvalue weighted by molar-refractivity contribution is 0.416. The number of nitrogens with one attached hydrogen (secondary N) is 2. The quantitative estimate of drug-likeness (QED) is 0.534. The van der Waals surface area contributed by atoms with E-state index in [0.29, 0.717) is 17.8 Å². The average Bonchev–Trinajstić information content (AvgIpc) is 3.03. The second-order valence-corrected chi connectivity index (χ2v) is 7.35. The van der Waals surface area contributed by atoms with Crippen molar-refractivity contribution in [1.29, 1.82) is 0 Å². The molecule has 0 aliphatic carbocycles. The Morgan fingerprint density at radius 1 is 1.11 bits per heavy atom. The summed E-state index contributed by atoms with van der Waals surface area (Å²) in [6.45, 7) is 2.43. The molecule has 0 bridgehead atoms. The van der Waals surface area contributed by atoms with Gasteiger partial charge in [0.2, 0.25) is 0 Å². The van der Waals surface area contributed by atoms with Gasteiger partial charge in [0.05, 0.1) is 24.7 Å². The van der Waals surface area contributed by atoms with E-state index in [0.717, 1.165) is 32.3 Å². The maximum atomic E-state index is 12.8. The molecule has 5 nitrogen and oxygen atoms in total. The van der Waals surface area contributed by atoms with E-state index < -0.39 is 0 Å². The Kier molecular flexibility index (Phi) is 4.64. The molecular weight excluding hydrogens is 358 g/mol. The third-order valence-corrected chi connectivity index (χ3v) is 5.40. The van der Waals surface area contributed by atoms with Crippen LogP contribution >= 0.6 is 11.3 Å². The number of rotatable bonds is 5. The van der Waals surface area contributed by atoms with Gasteiger partial charge in [-0.15, -0.1) is 11.3 Å². The number of hydrogen-bond acceptors (Lipinski definition) is 5. The van der Waals surface area contributed by atoms with Crippen LogP contribution in [-0.2, 0) is 6.54 Å². The van der Waals surface area contributed by atoms with Crippen LogP contribution in [0, 0.1) is 6.92 Å². The molecule has 2 aromatic heterocycles. The lowest BCUT2D eigenvalue weighted by Crippen LogP contribution is -2.14. The van der Waals surface area contributed by atoms with Crippen LogP contribution in [0.5, 0.6) is 5.75 Å². The Hall–Kier alpha value is -3.12. The minimum atomic E-state index is -0.111. The van der Waals surface area contributed by atoms with E-state index >= 15 is 0 Å². The molecule has 4 aromatic rings. The van der Waals surface area contributed by atoms with Crippen LogP contribution < -0.4 is 15.6 Å². The molecule has 27 heavy (non-hydrogen) atoms. The number of nitrogens with zero attached hydrogens (tertiary/aromatic N) is 1. The molecule has 0 amide bonds. The fourth-order valence-electron chi connectivity index (χ4n) is 3.17. The molecule has 6 heteroatoms. The fourth-order valence-corrected chi connectivity index (χ4v) is 4.23. The molecule has 0 spiro atoms. The van der Waals surface area contributed by atoms with Gasteiger partial charge in [0.1, 0.15) is 16.4 Å². The van der Waals surface area contributed by atoms with Gasteiger partial charge >= 0.3 is 0 Å². The standard InChI is InChI=1S/C21H19N3O2S/c1-13-18(14-8-4-3-5-9-14)19-20(25)23-17(24-21(19)27-13)12-22-15-10-6-7-11-16(15)26-2/h3-11,22H,12H2,1-2H3,(H,23,24,25). The van der Waals surface area contributed by atoms with Crippen molar-refractivity contribution < 1.29 is 4.74 Å². The first-order valence-electron chi connectivity index (χ1n) is 8.62. The predicted octanol–water partition coefficient (Wildman–Crippen LogP) is 4.58. The number of thiophene rings is 1. The number of fused-ring (bicyclic) bond motifs is 1. The van der Waals surface area contributed by atoms with Gasteiger partial charge in [0.15, 0.2) is 0 Å². The SMILES string of the molecule is COc1ccccc1NCc1nc2sc(C)c(-c3ccccc3)c2c(=O)[nH]1. The number of aryl methyl sites for hydroxylation is 1. The van der Waals surface area contributed by atoms with Gasteiger partial charge in [-0.3, -0.25) is 4.79 Å². The summed E-state index contributed by atoms with van der Waals surface area (Å²) in [6.07, 6.45) is 0. The third-order valence-electron chi connectivity index (χ3n) is 4.40. The maximum absolute atomic E-state index is 12.8. The highest BCUT2D eigenvalue weighted by molar-refractivity contribution is 7.19. The Labute approximate surface area is 160 Å². The minimum absolute atomic E-state index is 0.111. The van der Waals surface area contributed by atoms with Gasteiger partial charge < -0.3 is 15.0 Å². The zero-order valence-electron chi connectivity index (χ0n) is 15.1. The number of benzene rings is 2.